The Kier molecular flexibility index (Phi) is 6.33. The van der Waals surface area contributed by atoms with Gasteiger partial charge in [-0.05, 0) is 43.6 Å². The summed E-state index contributed by atoms with van der Waals surface area (Å²) in [5.41, 5.74) is 1.27. The van der Waals surface area contributed by atoms with Crippen LogP contribution in [-0.4, -0.2) is 35.4 Å². The molecule has 0 saturated carbocycles. The van der Waals surface area contributed by atoms with Crippen LogP contribution in [0.2, 0.25) is 0 Å². The molecule has 2 aromatic carbocycles. The smallest absolute Gasteiger partial charge is 0.331 e. The Hall–Kier alpha value is -2.99. The fraction of sp³-hybridized carbons (Fsp3) is 0.286. The quantitative estimate of drug-likeness (QED) is 0.321. The van der Waals surface area contributed by atoms with Crippen molar-refractivity contribution in [2.24, 2.45) is 0 Å². The van der Waals surface area contributed by atoms with Gasteiger partial charge in [-0.25, -0.2) is 4.79 Å². The minimum atomic E-state index is -0.513. The molecule has 3 rings (SSSR count). The van der Waals surface area contributed by atoms with Crippen LogP contribution < -0.4 is 0 Å². The lowest BCUT2D eigenvalue weighted by Crippen LogP contribution is -2.28. The highest BCUT2D eigenvalue weighted by atomic mass is 16.6. The molecular formula is C21H22N2O4. The molecule has 0 aliphatic carbocycles. The number of nitro benzene ring substituents is 1. The Morgan fingerprint density at radius 1 is 1.11 bits per heavy atom. The second-order valence-corrected chi connectivity index (χ2v) is 6.49. The fourth-order valence-corrected chi connectivity index (χ4v) is 3.21. The molecule has 1 aliphatic rings. The average Bonchev–Trinajstić information content (AvgIpc) is 3.20. The summed E-state index contributed by atoms with van der Waals surface area (Å²) in [5.74, 6) is -0.513. The summed E-state index contributed by atoms with van der Waals surface area (Å²) in [6, 6.07) is 15.9. The van der Waals surface area contributed by atoms with Gasteiger partial charge in [-0.15, -0.1) is 0 Å². The maximum atomic E-state index is 12.4. The first-order valence-corrected chi connectivity index (χ1v) is 9.03. The van der Waals surface area contributed by atoms with Gasteiger partial charge >= 0.3 is 5.97 Å². The Morgan fingerprint density at radius 3 is 2.48 bits per heavy atom. The van der Waals surface area contributed by atoms with Gasteiger partial charge in [0.05, 0.1) is 10.5 Å². The van der Waals surface area contributed by atoms with Crippen molar-refractivity contribution in [3.05, 3.63) is 81.9 Å². The van der Waals surface area contributed by atoms with Crippen LogP contribution >= 0.6 is 0 Å². The average molecular weight is 366 g/mol. The van der Waals surface area contributed by atoms with Gasteiger partial charge in [0.15, 0.2) is 0 Å². The zero-order valence-electron chi connectivity index (χ0n) is 15.0. The first-order chi connectivity index (χ1) is 13.1. The van der Waals surface area contributed by atoms with Crippen molar-refractivity contribution in [3.63, 3.8) is 0 Å². The van der Waals surface area contributed by atoms with Crippen molar-refractivity contribution in [2.45, 2.75) is 18.9 Å². The molecule has 6 nitrogen and oxygen atoms in total. The van der Waals surface area contributed by atoms with E-state index in [1.165, 1.54) is 18.2 Å². The predicted molar refractivity (Wildman–Crippen MR) is 103 cm³/mol. The summed E-state index contributed by atoms with van der Waals surface area (Å²) in [6.07, 6.45) is 4.63. The highest BCUT2D eigenvalue weighted by Crippen LogP contribution is 2.23. The molecule has 140 valence electrons. The monoisotopic (exact) mass is 366 g/mol. The van der Waals surface area contributed by atoms with Crippen molar-refractivity contribution in [3.8, 4) is 0 Å². The first kappa shape index (κ1) is 18.8. The Labute approximate surface area is 158 Å². The number of ether oxygens (including phenoxy) is 1. The Balaban J connectivity index is 1.71. The van der Waals surface area contributed by atoms with Crippen LogP contribution in [0.4, 0.5) is 5.69 Å². The summed E-state index contributed by atoms with van der Waals surface area (Å²) in [6.45, 7) is 2.66. The third-order valence-electron chi connectivity index (χ3n) is 4.58. The summed E-state index contributed by atoms with van der Waals surface area (Å²) in [7, 11) is 0. The normalized spacial score (nSPS) is 15.7. The third-order valence-corrected chi connectivity index (χ3v) is 4.58. The van der Waals surface area contributed by atoms with Gasteiger partial charge in [-0.3, -0.25) is 15.0 Å². The number of para-hydroxylation sites is 1. The second-order valence-electron chi connectivity index (χ2n) is 6.49. The third kappa shape index (κ3) is 5.24. The molecule has 1 aliphatic heterocycles. The number of benzene rings is 2. The van der Waals surface area contributed by atoms with Crippen molar-refractivity contribution < 1.29 is 14.5 Å². The van der Waals surface area contributed by atoms with Gasteiger partial charge in [0, 0.05) is 18.7 Å². The summed E-state index contributed by atoms with van der Waals surface area (Å²) < 4.78 is 5.68. The number of esters is 1. The molecule has 0 N–H and O–H groups in total. The van der Waals surface area contributed by atoms with E-state index in [0.717, 1.165) is 31.5 Å². The topological polar surface area (TPSA) is 72.7 Å². The second kappa shape index (κ2) is 9.09. The molecular weight excluding hydrogens is 344 g/mol. The van der Waals surface area contributed by atoms with Crippen LogP contribution in [0.15, 0.2) is 60.7 Å². The molecule has 0 amide bonds. The molecule has 0 aromatic heterocycles. The van der Waals surface area contributed by atoms with E-state index in [9.17, 15) is 14.9 Å². The van der Waals surface area contributed by atoms with Crippen LogP contribution in [0.5, 0.6) is 0 Å². The van der Waals surface area contributed by atoms with Crippen LogP contribution in [0.1, 0.15) is 30.1 Å². The van der Waals surface area contributed by atoms with Crippen LogP contribution in [0.25, 0.3) is 6.08 Å². The maximum absolute atomic E-state index is 12.4. The van der Waals surface area contributed by atoms with E-state index in [0.29, 0.717) is 12.1 Å². The number of hydrogen-bond acceptors (Lipinski definition) is 5. The molecule has 0 radical (unpaired) electrons. The summed E-state index contributed by atoms with van der Waals surface area (Å²) in [5, 5.41) is 11.1. The number of nitrogens with zero attached hydrogens (tertiary/aromatic N) is 2. The zero-order valence-corrected chi connectivity index (χ0v) is 15.0. The van der Waals surface area contributed by atoms with Gasteiger partial charge in [0.25, 0.3) is 5.69 Å². The highest BCUT2D eigenvalue weighted by Gasteiger charge is 2.21. The fourth-order valence-electron chi connectivity index (χ4n) is 3.21. The van der Waals surface area contributed by atoms with E-state index in [1.54, 1.807) is 18.2 Å². The molecule has 2 aromatic rings. The van der Waals surface area contributed by atoms with E-state index < -0.39 is 10.9 Å². The number of carbonyl (C=O) groups is 1. The van der Waals surface area contributed by atoms with Crippen molar-refractivity contribution in [1.29, 1.82) is 0 Å². The van der Waals surface area contributed by atoms with Gasteiger partial charge in [-0.1, -0.05) is 42.5 Å². The highest BCUT2D eigenvalue weighted by molar-refractivity contribution is 5.88. The minimum Gasteiger partial charge on any atom is -0.453 e. The SMILES string of the molecule is O=C(/C=C/c1ccccc1[N+](=O)[O-])OC(CN1CCCC1)c1ccccc1. The lowest BCUT2D eigenvalue weighted by molar-refractivity contribution is -0.385. The molecule has 6 heteroatoms. The van der Waals surface area contributed by atoms with Gasteiger partial charge in [-0.2, -0.15) is 0 Å². The molecule has 1 atom stereocenters. The number of nitro groups is 1. The van der Waals surface area contributed by atoms with E-state index in [4.69, 9.17) is 4.74 Å². The number of hydrogen-bond donors (Lipinski definition) is 0. The minimum absolute atomic E-state index is 0.0433. The van der Waals surface area contributed by atoms with Gasteiger partial charge < -0.3 is 4.74 Å². The molecule has 0 spiro atoms. The standard InChI is InChI=1S/C21H22N2O4/c24-21(13-12-17-8-4-5-11-19(17)23(25)26)27-20(16-22-14-6-7-15-22)18-9-2-1-3-10-18/h1-5,8-13,20H,6-7,14-16H2/b13-12+. The van der Waals surface area contributed by atoms with Crippen LogP contribution in [0.3, 0.4) is 0 Å². The van der Waals surface area contributed by atoms with Crippen LogP contribution in [-0.2, 0) is 9.53 Å². The van der Waals surface area contributed by atoms with Gasteiger partial charge in [0.2, 0.25) is 0 Å². The van der Waals surface area contributed by atoms with Crippen molar-refractivity contribution >= 4 is 17.7 Å². The number of rotatable bonds is 7. The summed E-state index contributed by atoms with van der Waals surface area (Å²) in [4.78, 5) is 25.3. The van der Waals surface area contributed by atoms with E-state index in [-0.39, 0.29) is 11.8 Å². The van der Waals surface area contributed by atoms with Gasteiger partial charge in [0.1, 0.15) is 6.10 Å². The lowest BCUT2D eigenvalue weighted by atomic mass is 10.1. The molecule has 1 fully saturated rings. The molecule has 0 bridgehead atoms. The Bertz CT molecular complexity index is 814. The Morgan fingerprint density at radius 2 is 1.78 bits per heavy atom. The maximum Gasteiger partial charge on any atom is 0.331 e. The van der Waals surface area contributed by atoms with Crippen LogP contribution in [0, 0.1) is 10.1 Å². The zero-order chi connectivity index (χ0) is 19.1. The lowest BCUT2D eigenvalue weighted by Gasteiger charge is -2.23. The molecule has 1 unspecified atom stereocenters. The van der Waals surface area contributed by atoms with E-state index in [2.05, 4.69) is 4.90 Å². The molecule has 1 heterocycles. The van der Waals surface area contributed by atoms with Crippen molar-refractivity contribution in [2.75, 3.05) is 19.6 Å². The first-order valence-electron chi connectivity index (χ1n) is 9.03. The van der Waals surface area contributed by atoms with E-state index in [1.807, 2.05) is 30.3 Å². The number of likely N-dealkylation sites (tertiary alicyclic amines) is 1. The number of carbonyl (C=O) groups excluding carboxylic acids is 1. The van der Waals surface area contributed by atoms with Crippen molar-refractivity contribution in [1.82, 2.24) is 4.90 Å². The summed E-state index contributed by atoms with van der Waals surface area (Å²) >= 11 is 0. The molecule has 27 heavy (non-hydrogen) atoms. The predicted octanol–water partition coefficient (Wildman–Crippen LogP) is 3.99. The largest absolute Gasteiger partial charge is 0.453 e. The molecule has 1 saturated heterocycles. The van der Waals surface area contributed by atoms with E-state index >= 15 is 0 Å².